The van der Waals surface area contributed by atoms with Crippen molar-refractivity contribution in [3.63, 3.8) is 0 Å². The van der Waals surface area contributed by atoms with Gasteiger partial charge in [-0.3, -0.25) is 9.48 Å². The molecule has 0 saturated heterocycles. The lowest BCUT2D eigenvalue weighted by Gasteiger charge is -2.08. The Bertz CT molecular complexity index is 1180. The Morgan fingerprint density at radius 2 is 1.69 bits per heavy atom. The number of carbonyl (C=O) groups is 1. The maximum Gasteiger partial charge on any atom is 0.255 e. The number of benzene rings is 3. The first-order valence-electron chi connectivity index (χ1n) is 10.3. The standard InChI is InChI=1S/C26H25N3O3/c1-19-5-3-4-6-22(19)16-29-17-23(15-27-29)28-26(30)21-9-7-20(8-10-21)18-32-25-13-11-24(31-2)12-14-25/h3-15,17H,16,18H2,1-2H3,(H,28,30). The van der Waals surface area contributed by atoms with Crippen molar-refractivity contribution >= 4 is 11.6 Å². The molecule has 0 aliphatic carbocycles. The predicted molar refractivity (Wildman–Crippen MR) is 124 cm³/mol. The fourth-order valence-electron chi connectivity index (χ4n) is 3.27. The molecule has 3 aromatic carbocycles. The van der Waals surface area contributed by atoms with E-state index in [4.69, 9.17) is 9.47 Å². The summed E-state index contributed by atoms with van der Waals surface area (Å²) in [4.78, 5) is 12.6. The number of hydrogen-bond acceptors (Lipinski definition) is 4. The van der Waals surface area contributed by atoms with E-state index in [-0.39, 0.29) is 5.91 Å². The van der Waals surface area contributed by atoms with Crippen molar-refractivity contribution in [1.82, 2.24) is 9.78 Å². The van der Waals surface area contributed by atoms with E-state index >= 15 is 0 Å². The van der Waals surface area contributed by atoms with Crippen LogP contribution in [0.4, 0.5) is 5.69 Å². The maximum absolute atomic E-state index is 12.6. The lowest BCUT2D eigenvalue weighted by molar-refractivity contribution is 0.102. The normalized spacial score (nSPS) is 10.6. The molecule has 0 bridgehead atoms. The van der Waals surface area contributed by atoms with Crippen LogP contribution in [0.1, 0.15) is 27.0 Å². The molecule has 0 aliphatic heterocycles. The highest BCUT2D eigenvalue weighted by Crippen LogP contribution is 2.19. The monoisotopic (exact) mass is 427 g/mol. The maximum atomic E-state index is 12.6. The summed E-state index contributed by atoms with van der Waals surface area (Å²) in [6.45, 7) is 3.15. The number of hydrogen-bond donors (Lipinski definition) is 1. The highest BCUT2D eigenvalue weighted by atomic mass is 16.5. The number of aromatic nitrogens is 2. The molecule has 0 radical (unpaired) electrons. The number of nitrogens with one attached hydrogen (secondary N) is 1. The van der Waals surface area contributed by atoms with Crippen molar-refractivity contribution in [2.45, 2.75) is 20.1 Å². The van der Waals surface area contributed by atoms with Crippen LogP contribution in [-0.4, -0.2) is 22.8 Å². The Morgan fingerprint density at radius 1 is 0.969 bits per heavy atom. The van der Waals surface area contributed by atoms with E-state index in [0.717, 1.165) is 17.1 Å². The van der Waals surface area contributed by atoms with Gasteiger partial charge in [0.05, 0.1) is 25.5 Å². The molecule has 0 saturated carbocycles. The fraction of sp³-hybridized carbons (Fsp3) is 0.154. The van der Waals surface area contributed by atoms with Crippen molar-refractivity contribution < 1.29 is 14.3 Å². The van der Waals surface area contributed by atoms with Crippen molar-refractivity contribution in [2.75, 3.05) is 12.4 Å². The third-order valence-corrected chi connectivity index (χ3v) is 5.17. The molecule has 4 aromatic rings. The number of carbonyl (C=O) groups excluding carboxylic acids is 1. The third kappa shape index (κ3) is 5.35. The first-order chi connectivity index (χ1) is 15.6. The molecular weight excluding hydrogens is 402 g/mol. The molecule has 4 rings (SSSR count). The van der Waals surface area contributed by atoms with E-state index in [2.05, 4.69) is 29.5 Å². The Morgan fingerprint density at radius 3 is 2.41 bits per heavy atom. The minimum Gasteiger partial charge on any atom is -0.497 e. The van der Waals surface area contributed by atoms with Gasteiger partial charge in [0.1, 0.15) is 18.1 Å². The summed E-state index contributed by atoms with van der Waals surface area (Å²) in [6.07, 6.45) is 3.49. The minimum atomic E-state index is -0.178. The Balaban J connectivity index is 1.32. The molecule has 0 aliphatic rings. The fourth-order valence-corrected chi connectivity index (χ4v) is 3.27. The zero-order valence-electron chi connectivity index (χ0n) is 18.1. The largest absolute Gasteiger partial charge is 0.497 e. The van der Waals surface area contributed by atoms with E-state index in [0.29, 0.717) is 24.4 Å². The molecule has 6 nitrogen and oxygen atoms in total. The number of nitrogens with zero attached hydrogens (tertiary/aromatic N) is 2. The first-order valence-corrected chi connectivity index (χ1v) is 10.3. The van der Waals surface area contributed by atoms with Gasteiger partial charge in [-0.15, -0.1) is 0 Å². The van der Waals surface area contributed by atoms with Crippen LogP contribution >= 0.6 is 0 Å². The van der Waals surface area contributed by atoms with Gasteiger partial charge in [-0.25, -0.2) is 0 Å². The zero-order chi connectivity index (χ0) is 22.3. The van der Waals surface area contributed by atoms with Gasteiger partial charge >= 0.3 is 0 Å². The second-order valence-electron chi connectivity index (χ2n) is 7.47. The van der Waals surface area contributed by atoms with Crippen LogP contribution in [0.5, 0.6) is 11.5 Å². The quantitative estimate of drug-likeness (QED) is 0.426. The molecular formula is C26H25N3O3. The van der Waals surface area contributed by atoms with Crippen LogP contribution in [0.2, 0.25) is 0 Å². The van der Waals surface area contributed by atoms with Crippen molar-refractivity contribution in [3.05, 3.63) is 107 Å². The average molecular weight is 428 g/mol. The topological polar surface area (TPSA) is 65.4 Å². The molecule has 1 heterocycles. The number of amides is 1. The summed E-state index contributed by atoms with van der Waals surface area (Å²) in [7, 11) is 1.63. The molecule has 0 spiro atoms. The van der Waals surface area contributed by atoms with Gasteiger partial charge < -0.3 is 14.8 Å². The van der Waals surface area contributed by atoms with E-state index < -0.39 is 0 Å². The number of aryl methyl sites for hydroxylation is 1. The van der Waals surface area contributed by atoms with Gasteiger partial charge in [-0.1, -0.05) is 36.4 Å². The predicted octanol–water partition coefficient (Wildman–Crippen LogP) is 5.08. The number of ether oxygens (including phenoxy) is 2. The van der Waals surface area contributed by atoms with Crippen LogP contribution < -0.4 is 14.8 Å². The van der Waals surface area contributed by atoms with Crippen molar-refractivity contribution in [3.8, 4) is 11.5 Å². The summed E-state index contributed by atoms with van der Waals surface area (Å²) in [6, 6.07) is 23.0. The van der Waals surface area contributed by atoms with Crippen molar-refractivity contribution in [1.29, 1.82) is 0 Å². The molecule has 1 aromatic heterocycles. The lowest BCUT2D eigenvalue weighted by Crippen LogP contribution is -2.11. The summed E-state index contributed by atoms with van der Waals surface area (Å²) in [5, 5.41) is 7.26. The molecule has 6 heteroatoms. The van der Waals surface area contributed by atoms with Gasteiger partial charge in [-0.2, -0.15) is 5.10 Å². The van der Waals surface area contributed by atoms with Gasteiger partial charge in [-0.05, 0) is 60.0 Å². The van der Waals surface area contributed by atoms with Gasteiger partial charge in [0.2, 0.25) is 0 Å². The van der Waals surface area contributed by atoms with Crippen LogP contribution in [0.25, 0.3) is 0 Å². The van der Waals surface area contributed by atoms with Gasteiger partial charge in [0, 0.05) is 11.8 Å². The summed E-state index contributed by atoms with van der Waals surface area (Å²) < 4.78 is 12.7. The first kappa shape index (κ1) is 21.2. The summed E-state index contributed by atoms with van der Waals surface area (Å²) in [5.41, 5.74) is 4.62. The van der Waals surface area contributed by atoms with Crippen LogP contribution in [0.3, 0.4) is 0 Å². The number of rotatable bonds is 8. The SMILES string of the molecule is COc1ccc(OCc2ccc(C(=O)Nc3cnn(Cc4ccccc4C)c3)cc2)cc1. The highest BCUT2D eigenvalue weighted by molar-refractivity contribution is 6.04. The van der Waals surface area contributed by atoms with E-state index in [1.54, 1.807) is 25.4 Å². The van der Waals surface area contributed by atoms with Crippen molar-refractivity contribution in [2.24, 2.45) is 0 Å². The van der Waals surface area contributed by atoms with Crippen LogP contribution in [0, 0.1) is 6.92 Å². The molecule has 0 fully saturated rings. The molecule has 32 heavy (non-hydrogen) atoms. The second-order valence-corrected chi connectivity index (χ2v) is 7.47. The average Bonchev–Trinajstić information content (AvgIpc) is 3.26. The minimum absolute atomic E-state index is 0.178. The Kier molecular flexibility index (Phi) is 6.51. The Hall–Kier alpha value is -4.06. The number of methoxy groups -OCH3 is 1. The van der Waals surface area contributed by atoms with Gasteiger partial charge in [0.25, 0.3) is 5.91 Å². The van der Waals surface area contributed by atoms with E-state index in [1.165, 1.54) is 11.1 Å². The van der Waals surface area contributed by atoms with Crippen LogP contribution in [0.15, 0.2) is 85.2 Å². The Labute approximate surface area is 187 Å². The van der Waals surface area contributed by atoms with Crippen LogP contribution in [-0.2, 0) is 13.2 Å². The summed E-state index contributed by atoms with van der Waals surface area (Å²) >= 11 is 0. The molecule has 0 atom stereocenters. The smallest absolute Gasteiger partial charge is 0.255 e. The van der Waals surface area contributed by atoms with Gasteiger partial charge in [0.15, 0.2) is 0 Å². The second kappa shape index (κ2) is 9.83. The summed E-state index contributed by atoms with van der Waals surface area (Å²) in [5.74, 6) is 1.37. The zero-order valence-corrected chi connectivity index (χ0v) is 18.1. The molecule has 0 unspecified atom stereocenters. The van der Waals surface area contributed by atoms with E-state index in [9.17, 15) is 4.79 Å². The lowest BCUT2D eigenvalue weighted by atomic mass is 10.1. The molecule has 162 valence electrons. The third-order valence-electron chi connectivity index (χ3n) is 5.17. The van der Waals surface area contributed by atoms with E-state index in [1.807, 2.05) is 59.4 Å². The molecule has 1 amide bonds. The molecule has 1 N–H and O–H groups in total. The highest BCUT2D eigenvalue weighted by Gasteiger charge is 2.09. The number of anilines is 1.